The molecule has 0 aromatic heterocycles. The van der Waals surface area contributed by atoms with Crippen molar-refractivity contribution in [2.24, 2.45) is 0 Å². The second-order valence-electron chi connectivity index (χ2n) is 2.84. The molecule has 0 aliphatic rings. The van der Waals surface area contributed by atoms with Crippen molar-refractivity contribution in [2.45, 2.75) is 0 Å². The van der Waals surface area contributed by atoms with Gasteiger partial charge in [-0.3, -0.25) is 10.1 Å². The minimum Gasteiger partial charge on any atom is -0.383 e. The molecule has 0 heterocycles. The van der Waals surface area contributed by atoms with E-state index < -0.39 is 4.92 Å². The van der Waals surface area contributed by atoms with E-state index in [2.05, 4.69) is 5.32 Å². The molecule has 0 radical (unpaired) electrons. The Kier molecular flexibility index (Phi) is 4.33. The second kappa shape index (κ2) is 5.53. The van der Waals surface area contributed by atoms with Gasteiger partial charge in [-0.1, -0.05) is 11.6 Å². The topological polar surface area (TPSA) is 64.4 Å². The lowest BCUT2D eigenvalue weighted by Crippen LogP contribution is -2.07. The van der Waals surface area contributed by atoms with E-state index in [9.17, 15) is 10.1 Å². The highest BCUT2D eigenvalue weighted by atomic mass is 35.5. The lowest BCUT2D eigenvalue weighted by molar-refractivity contribution is -0.384. The number of hydrogen-bond donors (Lipinski definition) is 1. The van der Waals surface area contributed by atoms with E-state index in [1.807, 2.05) is 0 Å². The monoisotopic (exact) mass is 230 g/mol. The van der Waals surface area contributed by atoms with Crippen molar-refractivity contribution >= 4 is 23.0 Å². The summed E-state index contributed by atoms with van der Waals surface area (Å²) in [6, 6.07) is 4.30. The molecule has 0 bridgehead atoms. The fourth-order valence-corrected chi connectivity index (χ4v) is 1.29. The summed E-state index contributed by atoms with van der Waals surface area (Å²) in [5.74, 6) is 0. The van der Waals surface area contributed by atoms with Crippen LogP contribution in [0.3, 0.4) is 0 Å². The highest BCUT2D eigenvalue weighted by Gasteiger charge is 2.08. The van der Waals surface area contributed by atoms with E-state index in [1.54, 1.807) is 13.2 Å². The predicted molar refractivity (Wildman–Crippen MR) is 58.5 cm³/mol. The van der Waals surface area contributed by atoms with E-state index in [0.29, 0.717) is 23.9 Å². The molecule has 1 N–H and O–H groups in total. The molecule has 0 atom stereocenters. The third-order valence-corrected chi connectivity index (χ3v) is 2.10. The van der Waals surface area contributed by atoms with Crippen molar-refractivity contribution in [1.29, 1.82) is 0 Å². The summed E-state index contributed by atoms with van der Waals surface area (Å²) in [6.07, 6.45) is 0. The number of non-ortho nitro benzene ring substituents is 1. The summed E-state index contributed by atoms with van der Waals surface area (Å²) in [4.78, 5) is 9.95. The van der Waals surface area contributed by atoms with Crippen molar-refractivity contribution in [3.8, 4) is 0 Å². The lowest BCUT2D eigenvalue weighted by Gasteiger charge is -2.06. The number of halogens is 1. The molecule has 0 aliphatic heterocycles. The van der Waals surface area contributed by atoms with Gasteiger partial charge in [-0.25, -0.2) is 0 Å². The second-order valence-corrected chi connectivity index (χ2v) is 3.25. The molecule has 0 aliphatic carbocycles. The molecule has 5 nitrogen and oxygen atoms in total. The number of nitro benzene ring substituents is 1. The van der Waals surface area contributed by atoms with Crippen LogP contribution in [0.25, 0.3) is 0 Å². The maximum absolute atomic E-state index is 10.4. The van der Waals surface area contributed by atoms with Crippen LogP contribution in [-0.4, -0.2) is 25.2 Å². The van der Waals surface area contributed by atoms with E-state index in [-0.39, 0.29) is 5.69 Å². The number of nitro groups is 1. The quantitative estimate of drug-likeness (QED) is 0.479. The van der Waals surface area contributed by atoms with Crippen LogP contribution < -0.4 is 5.32 Å². The Bertz CT molecular complexity index is 357. The van der Waals surface area contributed by atoms with Gasteiger partial charge in [0.15, 0.2) is 0 Å². The minimum atomic E-state index is -0.481. The molecule has 0 saturated carbocycles. The molecule has 6 heteroatoms. The Morgan fingerprint density at radius 1 is 1.60 bits per heavy atom. The van der Waals surface area contributed by atoms with Gasteiger partial charge in [0, 0.05) is 25.8 Å². The Morgan fingerprint density at radius 2 is 2.33 bits per heavy atom. The number of ether oxygens (including phenoxy) is 1. The van der Waals surface area contributed by atoms with Crippen LogP contribution in [0.15, 0.2) is 18.2 Å². The van der Waals surface area contributed by atoms with Crippen LogP contribution in [0.2, 0.25) is 5.02 Å². The minimum absolute atomic E-state index is 0.0164. The average Bonchev–Trinajstić information content (AvgIpc) is 2.20. The molecule has 1 rings (SSSR count). The van der Waals surface area contributed by atoms with Crippen molar-refractivity contribution in [3.05, 3.63) is 33.3 Å². The van der Waals surface area contributed by atoms with Gasteiger partial charge in [0.2, 0.25) is 0 Å². The number of benzene rings is 1. The molecule has 0 fully saturated rings. The van der Waals surface area contributed by atoms with Crippen molar-refractivity contribution in [2.75, 3.05) is 25.6 Å². The summed E-state index contributed by atoms with van der Waals surface area (Å²) in [7, 11) is 1.60. The van der Waals surface area contributed by atoms with Gasteiger partial charge in [-0.15, -0.1) is 0 Å². The first kappa shape index (κ1) is 11.7. The largest absolute Gasteiger partial charge is 0.383 e. The molecule has 0 unspecified atom stereocenters. The summed E-state index contributed by atoms with van der Waals surface area (Å²) in [5, 5.41) is 13.8. The normalized spacial score (nSPS) is 10.0. The van der Waals surface area contributed by atoms with E-state index in [4.69, 9.17) is 16.3 Å². The molecule has 15 heavy (non-hydrogen) atoms. The van der Waals surface area contributed by atoms with E-state index >= 15 is 0 Å². The maximum atomic E-state index is 10.4. The Balaban J connectivity index is 2.70. The third kappa shape index (κ3) is 3.38. The number of nitrogens with zero attached hydrogens (tertiary/aromatic N) is 1. The van der Waals surface area contributed by atoms with Gasteiger partial charge < -0.3 is 10.1 Å². The molecule has 82 valence electrons. The summed E-state index contributed by atoms with van der Waals surface area (Å²) < 4.78 is 4.85. The Labute approximate surface area is 92.1 Å². The lowest BCUT2D eigenvalue weighted by atomic mass is 10.3. The van der Waals surface area contributed by atoms with Crippen LogP contribution in [0.4, 0.5) is 11.4 Å². The van der Waals surface area contributed by atoms with Crippen molar-refractivity contribution in [3.63, 3.8) is 0 Å². The Hall–Kier alpha value is -1.33. The van der Waals surface area contributed by atoms with E-state index in [1.165, 1.54) is 12.1 Å². The van der Waals surface area contributed by atoms with E-state index in [0.717, 1.165) is 0 Å². The number of hydrogen-bond acceptors (Lipinski definition) is 4. The zero-order valence-electron chi connectivity index (χ0n) is 8.20. The first-order chi connectivity index (χ1) is 7.15. The summed E-state index contributed by atoms with van der Waals surface area (Å²) in [5.41, 5.74) is 0.650. The van der Waals surface area contributed by atoms with Crippen LogP contribution in [0, 0.1) is 10.1 Å². The molecule has 0 spiro atoms. The Morgan fingerprint density at radius 3 is 2.87 bits per heavy atom. The van der Waals surface area contributed by atoms with Crippen molar-refractivity contribution < 1.29 is 9.66 Å². The number of rotatable bonds is 5. The zero-order chi connectivity index (χ0) is 11.3. The van der Waals surface area contributed by atoms with Gasteiger partial charge in [-0.05, 0) is 6.07 Å². The SMILES string of the molecule is COCCNc1ccc([N+](=O)[O-])cc1Cl. The van der Waals surface area contributed by atoms with Gasteiger partial charge in [-0.2, -0.15) is 0 Å². The van der Waals surface area contributed by atoms with Crippen LogP contribution in [0.1, 0.15) is 0 Å². The fourth-order valence-electron chi connectivity index (χ4n) is 1.05. The average molecular weight is 231 g/mol. The van der Waals surface area contributed by atoms with Gasteiger partial charge in [0.25, 0.3) is 5.69 Å². The highest BCUT2D eigenvalue weighted by molar-refractivity contribution is 6.33. The molecule has 0 amide bonds. The number of methoxy groups -OCH3 is 1. The third-order valence-electron chi connectivity index (χ3n) is 1.79. The summed E-state index contributed by atoms with van der Waals surface area (Å²) in [6.45, 7) is 1.15. The molecule has 0 saturated heterocycles. The summed E-state index contributed by atoms with van der Waals surface area (Å²) >= 11 is 5.84. The standard InChI is InChI=1S/C9H11ClN2O3/c1-15-5-4-11-9-3-2-7(12(13)14)6-8(9)10/h2-3,6,11H,4-5H2,1H3. The van der Waals surface area contributed by atoms with Crippen LogP contribution in [-0.2, 0) is 4.74 Å². The van der Waals surface area contributed by atoms with Gasteiger partial charge in [0.1, 0.15) is 0 Å². The smallest absolute Gasteiger partial charge is 0.271 e. The first-order valence-corrected chi connectivity index (χ1v) is 4.69. The van der Waals surface area contributed by atoms with Gasteiger partial charge >= 0.3 is 0 Å². The maximum Gasteiger partial charge on any atom is 0.271 e. The number of nitrogens with one attached hydrogen (secondary N) is 1. The molecular weight excluding hydrogens is 220 g/mol. The molecule has 1 aromatic rings. The van der Waals surface area contributed by atoms with Crippen LogP contribution >= 0.6 is 11.6 Å². The highest BCUT2D eigenvalue weighted by Crippen LogP contribution is 2.26. The first-order valence-electron chi connectivity index (χ1n) is 4.32. The fraction of sp³-hybridized carbons (Fsp3) is 0.333. The number of anilines is 1. The molecular formula is C9H11ClN2O3. The predicted octanol–water partition coefficient (Wildman–Crippen LogP) is 2.31. The van der Waals surface area contributed by atoms with Crippen LogP contribution in [0.5, 0.6) is 0 Å². The van der Waals surface area contributed by atoms with Gasteiger partial charge in [0.05, 0.1) is 22.2 Å². The molecule has 1 aromatic carbocycles. The zero-order valence-corrected chi connectivity index (χ0v) is 8.95. The van der Waals surface area contributed by atoms with Crippen molar-refractivity contribution in [1.82, 2.24) is 0 Å².